The van der Waals surface area contributed by atoms with Gasteiger partial charge in [-0.15, -0.1) is 0 Å². The molecule has 0 saturated carbocycles. The van der Waals surface area contributed by atoms with E-state index in [1.54, 1.807) is 30.3 Å². The summed E-state index contributed by atoms with van der Waals surface area (Å²) in [5.41, 5.74) is 4.64. The van der Waals surface area contributed by atoms with Gasteiger partial charge < -0.3 is 4.74 Å². The summed E-state index contributed by atoms with van der Waals surface area (Å²) in [5, 5.41) is 1.71. The molecule has 122 valence electrons. The summed E-state index contributed by atoms with van der Waals surface area (Å²) in [4.78, 5) is 24.8. The van der Waals surface area contributed by atoms with Gasteiger partial charge in [0, 0.05) is 10.6 Å². The lowest BCUT2D eigenvalue weighted by Gasteiger charge is -2.15. The first kappa shape index (κ1) is 16.1. The van der Waals surface area contributed by atoms with Gasteiger partial charge in [0.15, 0.2) is 0 Å². The van der Waals surface area contributed by atoms with Gasteiger partial charge in [0.25, 0.3) is 11.8 Å². The van der Waals surface area contributed by atoms with Crippen LogP contribution < -0.4 is 15.2 Å². The topological polar surface area (TPSA) is 58.6 Å². The lowest BCUT2D eigenvalue weighted by molar-refractivity contribution is -0.117. The number of hydrogen-bond acceptors (Lipinski definition) is 3. The highest BCUT2D eigenvalue weighted by Crippen LogP contribution is 2.27. The first-order chi connectivity index (χ1) is 11.5. The molecule has 24 heavy (non-hydrogen) atoms. The maximum Gasteiger partial charge on any atom is 0.282 e. The molecule has 3 rings (SSSR count). The molecule has 5 nitrogen and oxygen atoms in total. The minimum Gasteiger partial charge on any atom is -0.496 e. The van der Waals surface area contributed by atoms with Crippen LogP contribution in [0.3, 0.4) is 0 Å². The van der Waals surface area contributed by atoms with Gasteiger partial charge in [0.05, 0.1) is 12.8 Å². The monoisotopic (exact) mass is 342 g/mol. The Balaban J connectivity index is 1.97. The number of para-hydroxylation sites is 1. The molecule has 2 amide bonds. The average molecular weight is 343 g/mol. The van der Waals surface area contributed by atoms with E-state index in [0.717, 1.165) is 5.56 Å². The van der Waals surface area contributed by atoms with Crippen LogP contribution in [0.15, 0.2) is 48.0 Å². The van der Waals surface area contributed by atoms with E-state index in [1.807, 2.05) is 19.1 Å². The summed E-state index contributed by atoms with van der Waals surface area (Å²) >= 11 is 6.10. The second kappa shape index (κ2) is 6.37. The van der Waals surface area contributed by atoms with Crippen LogP contribution >= 0.6 is 11.6 Å². The number of rotatable bonds is 3. The number of carbonyl (C=O) groups is 2. The number of methoxy groups -OCH3 is 1. The molecule has 0 unspecified atom stereocenters. The van der Waals surface area contributed by atoms with E-state index in [1.165, 1.54) is 18.2 Å². The van der Waals surface area contributed by atoms with Crippen LogP contribution in [0, 0.1) is 6.92 Å². The summed E-state index contributed by atoms with van der Waals surface area (Å²) in [5.74, 6) is -0.323. The van der Waals surface area contributed by atoms with Gasteiger partial charge in [-0.05, 0) is 36.8 Å². The molecule has 0 radical (unpaired) electrons. The fourth-order valence-corrected chi connectivity index (χ4v) is 2.58. The molecule has 0 bridgehead atoms. The third-order valence-corrected chi connectivity index (χ3v) is 4.15. The zero-order valence-corrected chi connectivity index (χ0v) is 13.9. The molecule has 1 heterocycles. The number of benzene rings is 2. The molecule has 6 heteroatoms. The number of aryl methyl sites for hydroxylation is 1. The highest BCUT2D eigenvalue weighted by molar-refractivity contribution is 6.33. The lowest BCUT2D eigenvalue weighted by atomic mass is 10.1. The minimum atomic E-state index is -0.470. The molecule has 1 N–H and O–H groups in total. The minimum absolute atomic E-state index is 0.0381. The molecule has 0 aromatic heterocycles. The van der Waals surface area contributed by atoms with E-state index in [-0.39, 0.29) is 5.57 Å². The van der Waals surface area contributed by atoms with Gasteiger partial charge in [-0.1, -0.05) is 35.9 Å². The molecule has 0 spiro atoms. The summed E-state index contributed by atoms with van der Waals surface area (Å²) in [6.07, 6.45) is 1.52. The number of amides is 2. The maximum absolute atomic E-state index is 12.6. The largest absolute Gasteiger partial charge is 0.496 e. The van der Waals surface area contributed by atoms with E-state index in [9.17, 15) is 9.59 Å². The predicted octanol–water partition coefficient (Wildman–Crippen LogP) is 3.12. The van der Waals surface area contributed by atoms with Gasteiger partial charge in [-0.25, -0.2) is 5.01 Å². The highest BCUT2D eigenvalue weighted by Gasteiger charge is 2.34. The first-order valence-electron chi connectivity index (χ1n) is 7.27. The number of halogens is 1. The Kier molecular flexibility index (Phi) is 4.27. The van der Waals surface area contributed by atoms with Gasteiger partial charge >= 0.3 is 0 Å². The molecule has 0 atom stereocenters. The van der Waals surface area contributed by atoms with Crippen molar-refractivity contribution < 1.29 is 14.3 Å². The quantitative estimate of drug-likeness (QED) is 0.688. The van der Waals surface area contributed by atoms with Crippen LogP contribution in [-0.2, 0) is 9.59 Å². The fourth-order valence-electron chi connectivity index (χ4n) is 2.40. The van der Waals surface area contributed by atoms with E-state index >= 15 is 0 Å². The molecular formula is C18H15ClN2O3. The first-order valence-corrected chi connectivity index (χ1v) is 7.65. The van der Waals surface area contributed by atoms with E-state index < -0.39 is 11.8 Å². The zero-order valence-electron chi connectivity index (χ0n) is 13.2. The maximum atomic E-state index is 12.6. The Morgan fingerprint density at radius 1 is 1.17 bits per heavy atom. The van der Waals surface area contributed by atoms with E-state index in [4.69, 9.17) is 16.3 Å². The van der Waals surface area contributed by atoms with Crippen LogP contribution in [0.25, 0.3) is 6.08 Å². The Bertz CT molecular complexity index is 861. The van der Waals surface area contributed by atoms with Gasteiger partial charge in [-0.3, -0.25) is 15.0 Å². The predicted molar refractivity (Wildman–Crippen MR) is 92.8 cm³/mol. The van der Waals surface area contributed by atoms with Crippen LogP contribution in [0.1, 0.15) is 11.1 Å². The zero-order chi connectivity index (χ0) is 17.3. The summed E-state index contributed by atoms with van der Waals surface area (Å²) in [6.45, 7) is 1.86. The van der Waals surface area contributed by atoms with Crippen LogP contribution in [0.2, 0.25) is 5.02 Å². The Hall–Kier alpha value is -2.79. The molecule has 1 fully saturated rings. The number of ether oxygens (including phenoxy) is 1. The number of nitrogens with one attached hydrogen (secondary N) is 1. The van der Waals surface area contributed by atoms with Crippen molar-refractivity contribution in [2.45, 2.75) is 6.92 Å². The number of nitrogens with zero attached hydrogens (tertiary/aromatic N) is 1. The van der Waals surface area contributed by atoms with Crippen molar-refractivity contribution in [2.24, 2.45) is 0 Å². The van der Waals surface area contributed by atoms with Crippen molar-refractivity contribution in [1.29, 1.82) is 0 Å². The normalized spacial score (nSPS) is 15.8. The van der Waals surface area contributed by atoms with Crippen LogP contribution in [-0.4, -0.2) is 18.9 Å². The number of hydrogen-bond donors (Lipinski definition) is 1. The van der Waals surface area contributed by atoms with Gasteiger partial charge in [-0.2, -0.15) is 0 Å². The van der Waals surface area contributed by atoms with Crippen molar-refractivity contribution in [1.82, 2.24) is 5.43 Å². The van der Waals surface area contributed by atoms with Crippen molar-refractivity contribution in [3.05, 3.63) is 64.2 Å². The van der Waals surface area contributed by atoms with Crippen molar-refractivity contribution in [3.8, 4) is 5.75 Å². The number of anilines is 1. The summed E-state index contributed by atoms with van der Waals surface area (Å²) in [7, 11) is 1.54. The summed E-state index contributed by atoms with van der Waals surface area (Å²) < 4.78 is 5.25. The number of hydrazine groups is 1. The second-order valence-electron chi connectivity index (χ2n) is 5.31. The molecule has 1 saturated heterocycles. The molecule has 2 aromatic rings. The molecule has 2 aromatic carbocycles. The van der Waals surface area contributed by atoms with Crippen LogP contribution in [0.4, 0.5) is 5.69 Å². The molecule has 0 aliphatic carbocycles. The van der Waals surface area contributed by atoms with Crippen molar-refractivity contribution in [2.75, 3.05) is 12.1 Å². The Morgan fingerprint density at radius 3 is 2.62 bits per heavy atom. The van der Waals surface area contributed by atoms with Crippen molar-refractivity contribution in [3.63, 3.8) is 0 Å². The van der Waals surface area contributed by atoms with E-state index in [2.05, 4.69) is 5.43 Å². The van der Waals surface area contributed by atoms with Crippen molar-refractivity contribution >= 4 is 35.2 Å². The fraction of sp³-hybridized carbons (Fsp3) is 0.111. The Morgan fingerprint density at radius 2 is 1.92 bits per heavy atom. The molecule has 1 aliphatic heterocycles. The van der Waals surface area contributed by atoms with Crippen LogP contribution in [0.5, 0.6) is 5.75 Å². The molecule has 1 aliphatic rings. The SMILES string of the molecule is COc1ccccc1/C=C1/C(=O)NN(c2ccc(C)c(Cl)c2)C1=O. The van der Waals surface area contributed by atoms with E-state index in [0.29, 0.717) is 22.0 Å². The second-order valence-corrected chi connectivity index (χ2v) is 5.72. The standard InChI is InChI=1S/C18H15ClN2O3/c1-11-7-8-13(10-15(11)19)21-18(23)14(17(22)20-21)9-12-5-3-4-6-16(12)24-2/h3-10H,1-2H3,(H,20,22)/b14-9-. The lowest BCUT2D eigenvalue weighted by Crippen LogP contribution is -2.35. The third-order valence-electron chi connectivity index (χ3n) is 3.74. The number of carbonyl (C=O) groups excluding carboxylic acids is 2. The molecular weight excluding hydrogens is 328 g/mol. The smallest absolute Gasteiger partial charge is 0.282 e. The van der Waals surface area contributed by atoms with Gasteiger partial charge in [0.1, 0.15) is 11.3 Å². The van der Waals surface area contributed by atoms with Gasteiger partial charge in [0.2, 0.25) is 0 Å². The third kappa shape index (κ3) is 2.86. The Labute approximate surface area is 144 Å². The highest BCUT2D eigenvalue weighted by atomic mass is 35.5. The average Bonchev–Trinajstić information content (AvgIpc) is 2.86. The summed E-state index contributed by atoms with van der Waals surface area (Å²) in [6, 6.07) is 12.3.